The molecule has 0 fully saturated rings. The summed E-state index contributed by atoms with van der Waals surface area (Å²) < 4.78 is 4.74. The highest BCUT2D eigenvalue weighted by Gasteiger charge is 2.54. The van der Waals surface area contributed by atoms with Crippen LogP contribution < -0.4 is 0 Å². The summed E-state index contributed by atoms with van der Waals surface area (Å²) in [7, 11) is 3.25. The van der Waals surface area contributed by atoms with Crippen molar-refractivity contribution in [2.75, 3.05) is 0 Å². The maximum absolute atomic E-state index is 11.4. The van der Waals surface area contributed by atoms with Gasteiger partial charge in [0.15, 0.2) is 0 Å². The number of nitro groups is 1. The van der Waals surface area contributed by atoms with Crippen LogP contribution in [0.4, 0.5) is 0 Å². The Bertz CT molecular complexity index is 365. The van der Waals surface area contributed by atoms with E-state index in [1.54, 1.807) is 6.92 Å². The first-order valence-corrected chi connectivity index (χ1v) is 4.45. The maximum atomic E-state index is 11.4. The van der Waals surface area contributed by atoms with E-state index in [1.165, 1.54) is 0 Å². The van der Waals surface area contributed by atoms with Crippen LogP contribution in [0.3, 0.4) is 0 Å². The number of carbonyl (C=O) groups excluding carboxylic acids is 1. The molecule has 7 heteroatoms. The SMILES string of the molecule is [CH2]N1OC=CC1(OC(=O)C(=C)CC)[N+](=O)[O-]. The van der Waals surface area contributed by atoms with Crippen LogP contribution in [-0.2, 0) is 14.4 Å². The van der Waals surface area contributed by atoms with Crippen molar-refractivity contribution in [1.29, 1.82) is 0 Å². The standard InChI is InChI=1S/C9H11N2O5/c1-4-7(2)8(12)16-9(11(13)14)5-6-15-10(9)3/h5-6H,2-4H2,1H3. The normalized spacial score (nSPS) is 23.9. The summed E-state index contributed by atoms with van der Waals surface area (Å²) in [5, 5.41) is 11.5. The minimum absolute atomic E-state index is 0.134. The van der Waals surface area contributed by atoms with Crippen LogP contribution in [0.15, 0.2) is 24.5 Å². The summed E-state index contributed by atoms with van der Waals surface area (Å²) in [5.74, 6) is -3.07. The van der Waals surface area contributed by atoms with Crippen LogP contribution >= 0.6 is 0 Å². The van der Waals surface area contributed by atoms with Gasteiger partial charge in [-0.05, 0) is 11.5 Å². The van der Waals surface area contributed by atoms with Crippen molar-refractivity contribution < 1.29 is 19.3 Å². The second-order valence-electron chi connectivity index (χ2n) is 3.05. The molecule has 1 atom stereocenters. The van der Waals surface area contributed by atoms with Crippen LogP contribution in [0, 0.1) is 17.2 Å². The Morgan fingerprint density at radius 2 is 2.38 bits per heavy atom. The molecule has 0 aromatic rings. The molecule has 0 aliphatic carbocycles. The lowest BCUT2D eigenvalue weighted by Gasteiger charge is -2.23. The predicted octanol–water partition coefficient (Wildman–Crippen LogP) is 0.979. The van der Waals surface area contributed by atoms with E-state index in [2.05, 4.69) is 18.5 Å². The average Bonchev–Trinajstić information content (AvgIpc) is 2.60. The van der Waals surface area contributed by atoms with E-state index in [0.29, 0.717) is 11.5 Å². The first-order valence-electron chi connectivity index (χ1n) is 4.45. The molecule has 0 saturated heterocycles. The van der Waals surface area contributed by atoms with Gasteiger partial charge in [0, 0.05) is 5.57 Å². The zero-order chi connectivity index (χ0) is 12.3. The number of carbonyl (C=O) groups is 1. The van der Waals surface area contributed by atoms with E-state index >= 15 is 0 Å². The summed E-state index contributed by atoms with van der Waals surface area (Å²) in [5.41, 5.74) is 0.134. The molecule has 1 aliphatic heterocycles. The second-order valence-corrected chi connectivity index (χ2v) is 3.05. The summed E-state index contributed by atoms with van der Waals surface area (Å²) in [6, 6.07) is 0. The Balaban J connectivity index is 2.90. The molecule has 1 heterocycles. The lowest BCUT2D eigenvalue weighted by Crippen LogP contribution is -2.50. The number of esters is 1. The van der Waals surface area contributed by atoms with Gasteiger partial charge in [0.05, 0.1) is 18.0 Å². The van der Waals surface area contributed by atoms with E-state index in [1.807, 2.05) is 0 Å². The van der Waals surface area contributed by atoms with E-state index in [0.717, 1.165) is 12.3 Å². The Morgan fingerprint density at radius 3 is 2.75 bits per heavy atom. The number of hydrogen-bond donors (Lipinski definition) is 0. The van der Waals surface area contributed by atoms with Crippen LogP contribution in [0.2, 0.25) is 0 Å². The Kier molecular flexibility index (Phi) is 3.28. The number of nitrogens with zero attached hydrogens (tertiary/aromatic N) is 2. The summed E-state index contributed by atoms with van der Waals surface area (Å²) in [6.45, 7) is 5.12. The molecular weight excluding hydrogens is 216 g/mol. The van der Waals surface area contributed by atoms with Crippen LogP contribution in [-0.4, -0.2) is 21.8 Å². The van der Waals surface area contributed by atoms with Crippen molar-refractivity contribution >= 4 is 5.97 Å². The Morgan fingerprint density at radius 1 is 1.75 bits per heavy atom. The zero-order valence-corrected chi connectivity index (χ0v) is 8.71. The fraction of sp³-hybridized carbons (Fsp3) is 0.333. The third kappa shape index (κ3) is 1.89. The third-order valence-corrected chi connectivity index (χ3v) is 2.05. The molecule has 1 unspecified atom stereocenters. The van der Waals surface area contributed by atoms with E-state index in [-0.39, 0.29) is 5.57 Å². The minimum atomic E-state index is -2.21. The van der Waals surface area contributed by atoms with Crippen molar-refractivity contribution in [2.45, 2.75) is 19.2 Å². The molecule has 0 aromatic heterocycles. The third-order valence-electron chi connectivity index (χ3n) is 2.05. The molecule has 0 saturated carbocycles. The van der Waals surface area contributed by atoms with Gasteiger partial charge in [-0.15, -0.1) is 0 Å². The second kappa shape index (κ2) is 4.31. The molecule has 0 amide bonds. The number of hydroxylamine groups is 2. The first kappa shape index (κ1) is 12.2. The molecule has 0 aromatic carbocycles. The number of rotatable bonds is 4. The highest BCUT2D eigenvalue weighted by Crippen LogP contribution is 2.26. The molecule has 1 rings (SSSR count). The van der Waals surface area contributed by atoms with Gasteiger partial charge in [-0.3, -0.25) is 10.1 Å². The first-order chi connectivity index (χ1) is 7.44. The van der Waals surface area contributed by atoms with Gasteiger partial charge in [-0.1, -0.05) is 13.5 Å². The highest BCUT2D eigenvalue weighted by molar-refractivity contribution is 5.87. The van der Waals surface area contributed by atoms with Crippen molar-refractivity contribution in [3.05, 3.63) is 41.7 Å². The molecule has 7 nitrogen and oxygen atoms in total. The smallest absolute Gasteiger partial charge is 0.404 e. The quantitative estimate of drug-likeness (QED) is 0.234. The van der Waals surface area contributed by atoms with Crippen molar-refractivity contribution in [2.24, 2.45) is 0 Å². The molecule has 16 heavy (non-hydrogen) atoms. The minimum Gasteiger partial charge on any atom is -0.404 e. The van der Waals surface area contributed by atoms with Gasteiger partial charge in [-0.25, -0.2) is 4.79 Å². The van der Waals surface area contributed by atoms with Crippen molar-refractivity contribution in [3.8, 4) is 0 Å². The summed E-state index contributed by atoms with van der Waals surface area (Å²) in [4.78, 5) is 26.1. The van der Waals surface area contributed by atoms with E-state index in [9.17, 15) is 14.9 Å². The van der Waals surface area contributed by atoms with Crippen LogP contribution in [0.5, 0.6) is 0 Å². The molecule has 87 valence electrons. The Hall–Kier alpha value is -1.89. The molecular formula is C9H11N2O5. The van der Waals surface area contributed by atoms with E-state index in [4.69, 9.17) is 4.74 Å². The lowest BCUT2D eigenvalue weighted by atomic mass is 10.2. The molecule has 0 N–H and O–H groups in total. The fourth-order valence-electron chi connectivity index (χ4n) is 0.978. The van der Waals surface area contributed by atoms with Gasteiger partial charge in [0.25, 0.3) is 0 Å². The fourth-order valence-corrected chi connectivity index (χ4v) is 0.978. The zero-order valence-electron chi connectivity index (χ0n) is 8.71. The predicted molar refractivity (Wildman–Crippen MR) is 52.7 cm³/mol. The van der Waals surface area contributed by atoms with Crippen LogP contribution in [0.25, 0.3) is 0 Å². The average molecular weight is 227 g/mol. The largest absolute Gasteiger partial charge is 0.485 e. The molecule has 0 bridgehead atoms. The molecule has 1 aliphatic rings. The van der Waals surface area contributed by atoms with Crippen LogP contribution in [0.1, 0.15) is 13.3 Å². The number of hydrogen-bond acceptors (Lipinski definition) is 6. The van der Waals surface area contributed by atoms with Gasteiger partial charge in [-0.2, -0.15) is 0 Å². The monoisotopic (exact) mass is 227 g/mol. The van der Waals surface area contributed by atoms with Gasteiger partial charge in [0.2, 0.25) is 0 Å². The topological polar surface area (TPSA) is 81.9 Å². The van der Waals surface area contributed by atoms with Gasteiger partial charge >= 0.3 is 11.8 Å². The van der Waals surface area contributed by atoms with E-state index < -0.39 is 16.7 Å². The lowest BCUT2D eigenvalue weighted by molar-refractivity contribution is -0.648. The number of ether oxygens (including phenoxy) is 1. The molecule has 1 radical (unpaired) electrons. The van der Waals surface area contributed by atoms with Gasteiger partial charge in [0.1, 0.15) is 6.26 Å². The van der Waals surface area contributed by atoms with Crippen molar-refractivity contribution in [1.82, 2.24) is 5.06 Å². The summed E-state index contributed by atoms with van der Waals surface area (Å²) in [6.07, 6.45) is 2.35. The van der Waals surface area contributed by atoms with Gasteiger partial charge < -0.3 is 9.57 Å². The molecule has 0 spiro atoms. The summed E-state index contributed by atoms with van der Waals surface area (Å²) >= 11 is 0. The maximum Gasteiger partial charge on any atom is 0.485 e. The highest BCUT2D eigenvalue weighted by atomic mass is 16.8. The Labute approximate surface area is 92.0 Å². The van der Waals surface area contributed by atoms with Crippen molar-refractivity contribution in [3.63, 3.8) is 0 Å².